The Bertz CT molecular complexity index is 1210. The Kier molecular flexibility index (Phi) is 6.53. The Labute approximate surface area is 199 Å². The maximum atomic E-state index is 15.1. The summed E-state index contributed by atoms with van der Waals surface area (Å²) in [6.07, 6.45) is 3.72. The zero-order chi connectivity index (χ0) is 24.2. The van der Waals surface area contributed by atoms with E-state index in [4.69, 9.17) is 9.26 Å². The number of anilines is 1. The van der Waals surface area contributed by atoms with E-state index in [9.17, 15) is 4.79 Å². The molecule has 1 amide bonds. The second-order valence-electron chi connectivity index (χ2n) is 8.27. The van der Waals surface area contributed by atoms with Crippen molar-refractivity contribution in [1.82, 2.24) is 25.6 Å². The van der Waals surface area contributed by atoms with Gasteiger partial charge in [-0.25, -0.2) is 13.6 Å². The first-order valence-electron chi connectivity index (χ1n) is 11.1. The number of hydrogen-bond donors (Lipinski definition) is 3. The Morgan fingerprint density at radius 1 is 1.20 bits per heavy atom. The van der Waals surface area contributed by atoms with Gasteiger partial charge in [-0.05, 0) is 17.5 Å². The molecule has 0 bridgehead atoms. The van der Waals surface area contributed by atoms with Gasteiger partial charge in [0.25, 0.3) is 0 Å². The normalized spacial score (nSPS) is 20.2. The summed E-state index contributed by atoms with van der Waals surface area (Å²) in [5.41, 5.74) is 2.54. The van der Waals surface area contributed by atoms with Crippen LogP contribution in [0, 0.1) is 0 Å². The quantitative estimate of drug-likeness (QED) is 0.427. The maximum Gasteiger partial charge on any atom is 0.410 e. The molecule has 0 radical (unpaired) electrons. The predicted octanol–water partition coefficient (Wildman–Crippen LogP) is 2.74. The number of carbonyl (C=O) groups is 1. The molecule has 0 saturated carbocycles. The van der Waals surface area contributed by atoms with Crippen LogP contribution in [0.1, 0.15) is 23.2 Å². The minimum atomic E-state index is -1.03. The molecular weight excluding hydrogens is 460 g/mol. The number of allylic oxidation sites excluding steroid dienone is 2. The van der Waals surface area contributed by atoms with E-state index in [0.29, 0.717) is 31.0 Å². The highest BCUT2D eigenvalue weighted by Crippen LogP contribution is 2.37. The molecular formula is C23H24F2N7O3+. The number of carbonyl (C=O) groups excluding carboxylic acids is 1. The fourth-order valence-electron chi connectivity index (χ4n) is 4.11. The molecule has 35 heavy (non-hydrogen) atoms. The van der Waals surface area contributed by atoms with Crippen LogP contribution < -0.4 is 15.8 Å². The third-order valence-electron chi connectivity index (χ3n) is 5.92. The molecule has 1 aliphatic carbocycles. The smallest absolute Gasteiger partial charge is 0.410 e. The van der Waals surface area contributed by atoms with Gasteiger partial charge in [-0.3, -0.25) is 10.2 Å². The van der Waals surface area contributed by atoms with Crippen molar-refractivity contribution in [3.05, 3.63) is 77.3 Å². The van der Waals surface area contributed by atoms with Crippen LogP contribution >= 0.6 is 0 Å². The van der Waals surface area contributed by atoms with Crippen molar-refractivity contribution >= 4 is 17.5 Å². The molecule has 4 N–H and O–H groups in total. The average Bonchev–Trinajstić information content (AvgIpc) is 3.63. The van der Waals surface area contributed by atoms with Gasteiger partial charge in [0.05, 0.1) is 30.5 Å². The van der Waals surface area contributed by atoms with E-state index in [2.05, 4.69) is 31.2 Å². The minimum Gasteiger partial charge on any atom is -0.440 e. The van der Waals surface area contributed by atoms with Gasteiger partial charge in [0, 0.05) is 18.7 Å². The molecule has 2 aromatic heterocycles. The van der Waals surface area contributed by atoms with Crippen molar-refractivity contribution < 1.29 is 28.0 Å². The summed E-state index contributed by atoms with van der Waals surface area (Å²) in [5.74, 6) is -1.30. The first-order chi connectivity index (χ1) is 17.1. The van der Waals surface area contributed by atoms with Gasteiger partial charge in [0.2, 0.25) is 0 Å². The largest absolute Gasteiger partial charge is 0.440 e. The van der Waals surface area contributed by atoms with Crippen LogP contribution in [0.3, 0.4) is 0 Å². The number of nitrogens with one attached hydrogen (secondary N) is 4. The van der Waals surface area contributed by atoms with Crippen LogP contribution in [0.25, 0.3) is 5.57 Å². The van der Waals surface area contributed by atoms with E-state index in [1.54, 1.807) is 30.5 Å². The molecule has 1 saturated heterocycles. The van der Waals surface area contributed by atoms with E-state index in [0.717, 1.165) is 11.3 Å². The Morgan fingerprint density at radius 2 is 2.06 bits per heavy atom. The van der Waals surface area contributed by atoms with Gasteiger partial charge < -0.3 is 14.6 Å². The molecule has 3 heterocycles. The van der Waals surface area contributed by atoms with E-state index in [-0.39, 0.29) is 18.5 Å². The van der Waals surface area contributed by atoms with Crippen LogP contribution in [-0.2, 0) is 17.8 Å². The standard InChI is InChI=1S/C23H23F2N7O3/c24-21-18(15-3-1-14(2-4-15)9-26-10-16-11-28-31-29-16)5-6-19(22(21)25)32-13-17(35-23(32)33)12-27-20-7-8-34-30-20/h1-5,7-8,11,17,19,26H,6,9-10,12-13H2,(H,27,30)(H,28,29,31)/p+1. The Hall–Kier alpha value is -4.06. The zero-order valence-electron chi connectivity index (χ0n) is 18.6. The number of rotatable bonds is 9. The summed E-state index contributed by atoms with van der Waals surface area (Å²) in [6.45, 7) is 1.60. The molecule has 2 unspecified atom stereocenters. The second-order valence-corrected chi connectivity index (χ2v) is 8.27. The predicted molar refractivity (Wildman–Crippen MR) is 120 cm³/mol. The lowest BCUT2D eigenvalue weighted by Crippen LogP contribution is -2.38. The van der Waals surface area contributed by atoms with Crippen LogP contribution in [0.15, 0.2) is 65.0 Å². The summed E-state index contributed by atoms with van der Waals surface area (Å²) < 4.78 is 40.3. The summed E-state index contributed by atoms with van der Waals surface area (Å²) >= 11 is 0. The van der Waals surface area contributed by atoms with Crippen molar-refractivity contribution in [3.63, 3.8) is 0 Å². The van der Waals surface area contributed by atoms with Crippen molar-refractivity contribution in [2.45, 2.75) is 31.7 Å². The van der Waals surface area contributed by atoms with Gasteiger partial charge >= 0.3 is 11.9 Å². The highest BCUT2D eigenvalue weighted by molar-refractivity contribution is 5.80. The monoisotopic (exact) mass is 484 g/mol. The molecule has 182 valence electrons. The number of ether oxygens (including phenoxy) is 1. The summed E-state index contributed by atoms with van der Waals surface area (Å²) in [5, 5.41) is 19.2. The number of aromatic nitrogens is 4. The Balaban J connectivity index is 1.19. The summed E-state index contributed by atoms with van der Waals surface area (Å²) in [7, 11) is 0. The van der Waals surface area contributed by atoms with Crippen LogP contribution in [0.5, 0.6) is 0 Å². The van der Waals surface area contributed by atoms with Crippen molar-refractivity contribution in [1.29, 1.82) is 0 Å². The van der Waals surface area contributed by atoms with E-state index >= 15 is 8.78 Å². The third kappa shape index (κ3) is 5.06. The fraction of sp³-hybridized carbons (Fsp3) is 0.304. The van der Waals surface area contributed by atoms with Gasteiger partial charge in [0.1, 0.15) is 6.54 Å². The molecule has 1 aliphatic heterocycles. The first-order valence-corrected chi connectivity index (χ1v) is 11.1. The maximum absolute atomic E-state index is 15.1. The summed E-state index contributed by atoms with van der Waals surface area (Å²) in [4.78, 5) is 13.6. The number of amides is 1. The molecule has 0 spiro atoms. The van der Waals surface area contributed by atoms with E-state index in [1.807, 2.05) is 12.1 Å². The number of halogens is 2. The molecule has 12 heteroatoms. The Morgan fingerprint density at radius 3 is 2.80 bits per heavy atom. The van der Waals surface area contributed by atoms with Gasteiger partial charge in [0.15, 0.2) is 24.0 Å². The number of H-pyrrole nitrogens is 2. The van der Waals surface area contributed by atoms with E-state index < -0.39 is 29.9 Å². The van der Waals surface area contributed by atoms with Crippen molar-refractivity contribution in [3.8, 4) is 0 Å². The highest BCUT2D eigenvalue weighted by Gasteiger charge is 2.41. The molecule has 2 aliphatic rings. The van der Waals surface area contributed by atoms with Crippen LogP contribution in [0.4, 0.5) is 19.4 Å². The van der Waals surface area contributed by atoms with E-state index in [1.165, 1.54) is 11.2 Å². The topological polar surface area (TPSA) is 122 Å². The lowest BCUT2D eigenvalue weighted by Gasteiger charge is -2.27. The molecule has 5 rings (SSSR count). The molecule has 3 aromatic rings. The average molecular weight is 484 g/mol. The van der Waals surface area contributed by atoms with Crippen LogP contribution in [0.2, 0.25) is 0 Å². The molecule has 1 fully saturated rings. The third-order valence-corrected chi connectivity index (χ3v) is 5.92. The molecule has 1 aromatic carbocycles. The van der Waals surface area contributed by atoms with Gasteiger partial charge in [-0.2, -0.15) is 15.4 Å². The number of nitrogens with zero attached hydrogens (tertiary/aromatic N) is 3. The molecule has 10 nitrogen and oxygen atoms in total. The summed E-state index contributed by atoms with van der Waals surface area (Å²) in [6, 6.07) is 7.88. The number of aromatic amines is 2. The lowest BCUT2D eigenvalue weighted by molar-refractivity contribution is -0.596. The second kappa shape index (κ2) is 10.1. The van der Waals surface area contributed by atoms with Crippen LogP contribution in [-0.4, -0.2) is 51.6 Å². The SMILES string of the molecule is O=C1OC(CNc2cco[nH+]2)CN1C1CC=C(c2ccc(CNCc3cn[nH]n3)cc2)C(F)=C1F. The zero-order valence-corrected chi connectivity index (χ0v) is 18.6. The minimum absolute atomic E-state index is 0.147. The number of benzene rings is 1. The van der Waals surface area contributed by atoms with Gasteiger partial charge in [-0.1, -0.05) is 35.5 Å². The first kappa shape index (κ1) is 22.7. The molecule has 2 atom stereocenters. The fourth-order valence-corrected chi connectivity index (χ4v) is 4.11. The number of hydrogen-bond acceptors (Lipinski definition) is 7. The number of cyclic esters (lactones) is 1. The van der Waals surface area contributed by atoms with Gasteiger partial charge in [-0.15, -0.1) is 0 Å². The highest BCUT2D eigenvalue weighted by atomic mass is 19.2. The van der Waals surface area contributed by atoms with Crippen molar-refractivity contribution in [2.24, 2.45) is 0 Å². The lowest BCUT2D eigenvalue weighted by atomic mass is 9.94. The van der Waals surface area contributed by atoms with Crippen molar-refractivity contribution in [2.75, 3.05) is 18.4 Å².